The molecule has 94 valence electrons. The molecular formula is C13H20ClN3. The second-order valence-corrected chi connectivity index (χ2v) is 5.98. The van der Waals surface area contributed by atoms with Gasteiger partial charge in [-0.2, -0.15) is 0 Å². The molecule has 0 aromatic carbocycles. The number of aryl methyl sites for hydroxylation is 1. The molecule has 2 rings (SSSR count). The van der Waals surface area contributed by atoms with Gasteiger partial charge in [-0.1, -0.05) is 13.8 Å². The number of hydrogen-bond donors (Lipinski definition) is 0. The van der Waals surface area contributed by atoms with Gasteiger partial charge in [0.2, 0.25) is 5.28 Å². The number of rotatable bonds is 1. The molecule has 0 bridgehead atoms. The highest BCUT2D eigenvalue weighted by Crippen LogP contribution is 2.31. The Morgan fingerprint density at radius 3 is 2.71 bits per heavy atom. The van der Waals surface area contributed by atoms with Crippen LogP contribution in [0.4, 0.5) is 5.82 Å². The summed E-state index contributed by atoms with van der Waals surface area (Å²) >= 11 is 5.92. The van der Waals surface area contributed by atoms with Crippen molar-refractivity contribution in [1.29, 1.82) is 0 Å². The first-order valence-electron chi connectivity index (χ1n) is 6.22. The van der Waals surface area contributed by atoms with Crippen LogP contribution in [0.3, 0.4) is 0 Å². The maximum Gasteiger partial charge on any atom is 0.224 e. The summed E-state index contributed by atoms with van der Waals surface area (Å²) in [6.07, 6.45) is 3.70. The van der Waals surface area contributed by atoms with Crippen LogP contribution in [0.2, 0.25) is 5.28 Å². The Balaban J connectivity index is 2.17. The lowest BCUT2D eigenvalue weighted by Gasteiger charge is -2.24. The van der Waals surface area contributed by atoms with Crippen molar-refractivity contribution < 1.29 is 0 Å². The fraction of sp³-hybridized carbons (Fsp3) is 0.692. The molecule has 1 aliphatic rings. The van der Waals surface area contributed by atoms with E-state index in [4.69, 9.17) is 11.6 Å². The van der Waals surface area contributed by atoms with Crippen LogP contribution in [0, 0.1) is 12.3 Å². The maximum absolute atomic E-state index is 5.92. The second kappa shape index (κ2) is 4.81. The molecule has 0 radical (unpaired) electrons. The van der Waals surface area contributed by atoms with Gasteiger partial charge in [-0.3, -0.25) is 0 Å². The first-order valence-corrected chi connectivity index (χ1v) is 6.60. The van der Waals surface area contributed by atoms with E-state index in [1.165, 1.54) is 19.3 Å². The molecule has 1 aromatic heterocycles. The average Bonchev–Trinajstić information content (AvgIpc) is 2.38. The Kier molecular flexibility index (Phi) is 3.57. The molecule has 0 spiro atoms. The lowest BCUT2D eigenvalue weighted by atomic mass is 9.85. The number of aromatic nitrogens is 2. The summed E-state index contributed by atoms with van der Waals surface area (Å²) in [5, 5.41) is 0.350. The average molecular weight is 254 g/mol. The van der Waals surface area contributed by atoms with Crippen LogP contribution in [0.5, 0.6) is 0 Å². The zero-order valence-electron chi connectivity index (χ0n) is 10.8. The molecule has 1 aromatic rings. The third-order valence-electron chi connectivity index (χ3n) is 3.48. The lowest BCUT2D eigenvalue weighted by molar-refractivity contribution is 0.325. The third-order valence-corrected chi connectivity index (χ3v) is 3.65. The number of anilines is 1. The van der Waals surface area contributed by atoms with Gasteiger partial charge >= 0.3 is 0 Å². The monoisotopic (exact) mass is 253 g/mol. The molecule has 4 heteroatoms. The van der Waals surface area contributed by atoms with E-state index in [1.807, 2.05) is 13.0 Å². The van der Waals surface area contributed by atoms with Gasteiger partial charge < -0.3 is 4.90 Å². The van der Waals surface area contributed by atoms with Crippen LogP contribution in [0.1, 0.15) is 38.8 Å². The number of halogens is 1. The van der Waals surface area contributed by atoms with E-state index in [0.29, 0.717) is 10.7 Å². The largest absolute Gasteiger partial charge is 0.356 e. The quantitative estimate of drug-likeness (QED) is 0.718. The Hall–Kier alpha value is -0.830. The molecule has 0 amide bonds. The molecule has 17 heavy (non-hydrogen) atoms. The minimum atomic E-state index is 0.350. The fourth-order valence-electron chi connectivity index (χ4n) is 2.33. The van der Waals surface area contributed by atoms with E-state index in [2.05, 4.69) is 28.7 Å². The van der Waals surface area contributed by atoms with Crippen molar-refractivity contribution in [2.75, 3.05) is 18.0 Å². The third kappa shape index (κ3) is 3.32. The highest BCUT2D eigenvalue weighted by atomic mass is 35.5. The van der Waals surface area contributed by atoms with Gasteiger partial charge in [-0.05, 0) is 43.2 Å². The molecule has 2 heterocycles. The van der Waals surface area contributed by atoms with Crippen LogP contribution in [0.15, 0.2) is 6.07 Å². The van der Waals surface area contributed by atoms with Gasteiger partial charge in [0.1, 0.15) is 5.82 Å². The Labute approximate surface area is 108 Å². The highest BCUT2D eigenvalue weighted by Gasteiger charge is 2.23. The summed E-state index contributed by atoms with van der Waals surface area (Å²) < 4.78 is 0. The van der Waals surface area contributed by atoms with E-state index < -0.39 is 0 Å². The molecule has 0 unspecified atom stereocenters. The molecule has 0 atom stereocenters. The lowest BCUT2D eigenvalue weighted by Crippen LogP contribution is -2.26. The topological polar surface area (TPSA) is 29.0 Å². The van der Waals surface area contributed by atoms with Gasteiger partial charge in [0.15, 0.2) is 0 Å². The minimum absolute atomic E-state index is 0.350. The highest BCUT2D eigenvalue weighted by molar-refractivity contribution is 6.28. The van der Waals surface area contributed by atoms with Gasteiger partial charge in [-0.25, -0.2) is 9.97 Å². The van der Waals surface area contributed by atoms with Crippen molar-refractivity contribution in [3.63, 3.8) is 0 Å². The molecule has 1 aliphatic heterocycles. The van der Waals surface area contributed by atoms with Crippen LogP contribution >= 0.6 is 11.6 Å². The van der Waals surface area contributed by atoms with Crippen molar-refractivity contribution in [2.45, 2.75) is 40.0 Å². The Morgan fingerprint density at radius 2 is 2.00 bits per heavy atom. The van der Waals surface area contributed by atoms with Crippen LogP contribution < -0.4 is 4.90 Å². The van der Waals surface area contributed by atoms with Gasteiger partial charge in [0.05, 0.1) is 0 Å². The van der Waals surface area contributed by atoms with Crippen LogP contribution in [-0.2, 0) is 0 Å². The second-order valence-electron chi connectivity index (χ2n) is 5.64. The molecular weight excluding hydrogens is 234 g/mol. The van der Waals surface area contributed by atoms with E-state index in [1.54, 1.807) is 0 Å². The van der Waals surface area contributed by atoms with E-state index >= 15 is 0 Å². The van der Waals surface area contributed by atoms with Crippen molar-refractivity contribution in [3.05, 3.63) is 17.0 Å². The van der Waals surface area contributed by atoms with Crippen LogP contribution in [-0.4, -0.2) is 23.1 Å². The summed E-state index contributed by atoms with van der Waals surface area (Å²) in [6, 6.07) is 2.02. The summed E-state index contributed by atoms with van der Waals surface area (Å²) in [7, 11) is 0. The predicted octanol–water partition coefficient (Wildman–Crippen LogP) is 3.45. The zero-order chi connectivity index (χ0) is 12.5. The van der Waals surface area contributed by atoms with E-state index in [9.17, 15) is 0 Å². The van der Waals surface area contributed by atoms with E-state index in [-0.39, 0.29) is 0 Å². The summed E-state index contributed by atoms with van der Waals surface area (Å²) in [4.78, 5) is 10.8. The predicted molar refractivity (Wildman–Crippen MR) is 71.6 cm³/mol. The molecule has 0 aliphatic carbocycles. The van der Waals surface area contributed by atoms with Crippen LogP contribution in [0.25, 0.3) is 0 Å². The summed E-state index contributed by atoms with van der Waals surface area (Å²) in [5.41, 5.74) is 1.38. The SMILES string of the molecule is Cc1cc(N2CCCC(C)(C)CC2)nc(Cl)n1. The summed E-state index contributed by atoms with van der Waals surface area (Å²) in [5.74, 6) is 0.972. The molecule has 1 fully saturated rings. The normalized spacial score (nSPS) is 20.1. The van der Waals surface area contributed by atoms with Gasteiger partial charge in [-0.15, -0.1) is 0 Å². The zero-order valence-corrected chi connectivity index (χ0v) is 11.6. The Morgan fingerprint density at radius 1 is 1.24 bits per heavy atom. The van der Waals surface area contributed by atoms with Crippen molar-refractivity contribution >= 4 is 17.4 Å². The fourth-order valence-corrected chi connectivity index (χ4v) is 2.55. The van der Waals surface area contributed by atoms with Crippen molar-refractivity contribution in [2.24, 2.45) is 5.41 Å². The van der Waals surface area contributed by atoms with Crippen molar-refractivity contribution in [1.82, 2.24) is 9.97 Å². The molecule has 0 saturated carbocycles. The number of nitrogens with zero attached hydrogens (tertiary/aromatic N) is 3. The maximum atomic E-state index is 5.92. The first-order chi connectivity index (χ1) is 7.96. The minimum Gasteiger partial charge on any atom is -0.356 e. The standard InChI is InChI=1S/C13H20ClN3/c1-10-9-11(16-12(14)15-10)17-7-4-5-13(2,3)6-8-17/h9H,4-8H2,1-3H3. The Bertz CT molecular complexity index is 383. The first kappa shape index (κ1) is 12.6. The summed E-state index contributed by atoms with van der Waals surface area (Å²) in [6.45, 7) is 8.76. The van der Waals surface area contributed by atoms with Gasteiger partial charge in [0, 0.05) is 24.8 Å². The van der Waals surface area contributed by atoms with E-state index in [0.717, 1.165) is 24.6 Å². The smallest absolute Gasteiger partial charge is 0.224 e. The molecule has 0 N–H and O–H groups in total. The number of hydrogen-bond acceptors (Lipinski definition) is 3. The van der Waals surface area contributed by atoms with Crippen molar-refractivity contribution in [3.8, 4) is 0 Å². The van der Waals surface area contributed by atoms with Gasteiger partial charge in [0.25, 0.3) is 0 Å². The molecule has 3 nitrogen and oxygen atoms in total. The molecule has 1 saturated heterocycles.